The standard InChI is InChI=1S/C28H29N3O3S/c1-20-13-14-23(35-20)18-30(17-15-21-8-3-2-4-9-21)25(32)19-31-26(33)28(29-27(31)34)16-7-11-22-10-5-6-12-24(22)28/h2-6,8-10,12-14H,7,11,15-19H2,1H3,(H,29,34). The van der Waals surface area contributed by atoms with Gasteiger partial charge < -0.3 is 10.2 Å². The number of imide groups is 1. The van der Waals surface area contributed by atoms with Gasteiger partial charge in [0.05, 0.1) is 6.54 Å². The van der Waals surface area contributed by atoms with Crippen LogP contribution in [-0.4, -0.2) is 40.7 Å². The second-order valence-corrected chi connectivity index (χ2v) is 10.7. The van der Waals surface area contributed by atoms with E-state index in [1.54, 1.807) is 16.2 Å². The van der Waals surface area contributed by atoms with Crippen LogP contribution >= 0.6 is 11.3 Å². The molecule has 7 heteroatoms. The molecule has 2 aliphatic rings. The van der Waals surface area contributed by atoms with Crippen LogP contribution < -0.4 is 5.32 Å². The molecule has 6 nitrogen and oxygen atoms in total. The van der Waals surface area contributed by atoms with E-state index >= 15 is 0 Å². The maximum atomic E-state index is 13.6. The molecule has 2 aromatic carbocycles. The first-order valence-corrected chi connectivity index (χ1v) is 12.9. The first kappa shape index (κ1) is 23.3. The van der Waals surface area contributed by atoms with Crippen molar-refractivity contribution in [2.24, 2.45) is 0 Å². The third-order valence-electron chi connectivity index (χ3n) is 6.95. The highest BCUT2D eigenvalue weighted by atomic mass is 32.1. The minimum Gasteiger partial charge on any atom is -0.336 e. The molecule has 35 heavy (non-hydrogen) atoms. The summed E-state index contributed by atoms with van der Waals surface area (Å²) in [4.78, 5) is 45.3. The smallest absolute Gasteiger partial charge is 0.325 e. The fourth-order valence-corrected chi connectivity index (χ4v) is 6.06. The van der Waals surface area contributed by atoms with Crippen molar-refractivity contribution in [1.29, 1.82) is 0 Å². The van der Waals surface area contributed by atoms with E-state index in [9.17, 15) is 14.4 Å². The Kier molecular flexibility index (Phi) is 6.43. The van der Waals surface area contributed by atoms with Crippen molar-refractivity contribution < 1.29 is 14.4 Å². The number of nitrogens with one attached hydrogen (secondary N) is 1. The van der Waals surface area contributed by atoms with Crippen molar-refractivity contribution in [3.63, 3.8) is 0 Å². The van der Waals surface area contributed by atoms with E-state index in [0.29, 0.717) is 25.9 Å². The summed E-state index contributed by atoms with van der Waals surface area (Å²) in [5, 5.41) is 2.95. The van der Waals surface area contributed by atoms with E-state index < -0.39 is 11.6 Å². The van der Waals surface area contributed by atoms with Crippen molar-refractivity contribution in [3.8, 4) is 0 Å². The summed E-state index contributed by atoms with van der Waals surface area (Å²) >= 11 is 1.66. The van der Waals surface area contributed by atoms with Crippen LogP contribution in [0.15, 0.2) is 66.7 Å². The summed E-state index contributed by atoms with van der Waals surface area (Å²) in [6, 6.07) is 21.4. The zero-order chi connectivity index (χ0) is 24.4. The minimum atomic E-state index is -1.06. The summed E-state index contributed by atoms with van der Waals surface area (Å²) < 4.78 is 0. The molecule has 1 unspecified atom stereocenters. The number of nitrogens with zero attached hydrogens (tertiary/aromatic N) is 2. The zero-order valence-electron chi connectivity index (χ0n) is 19.8. The number of carbonyl (C=O) groups excluding carboxylic acids is 3. The lowest BCUT2D eigenvalue weighted by atomic mass is 9.76. The minimum absolute atomic E-state index is 0.225. The molecule has 1 atom stereocenters. The van der Waals surface area contributed by atoms with Crippen LogP contribution in [0.3, 0.4) is 0 Å². The van der Waals surface area contributed by atoms with Gasteiger partial charge in [0.25, 0.3) is 5.91 Å². The van der Waals surface area contributed by atoms with Crippen molar-refractivity contribution in [3.05, 3.63) is 93.2 Å². The molecule has 180 valence electrons. The Hall–Kier alpha value is -3.45. The van der Waals surface area contributed by atoms with E-state index in [4.69, 9.17) is 0 Å². The molecule has 0 bridgehead atoms. The van der Waals surface area contributed by atoms with Gasteiger partial charge in [0.15, 0.2) is 0 Å². The number of hydrogen-bond donors (Lipinski definition) is 1. The summed E-state index contributed by atoms with van der Waals surface area (Å²) in [5.74, 6) is -0.547. The normalized spacial score (nSPS) is 19.1. The fourth-order valence-electron chi connectivity index (χ4n) is 5.15. The molecule has 1 spiro atoms. The van der Waals surface area contributed by atoms with Gasteiger partial charge in [-0.2, -0.15) is 0 Å². The van der Waals surface area contributed by atoms with Crippen LogP contribution in [0.4, 0.5) is 4.79 Å². The Balaban J connectivity index is 1.35. The lowest BCUT2D eigenvalue weighted by molar-refractivity contribution is -0.139. The molecule has 1 aliphatic heterocycles. The van der Waals surface area contributed by atoms with Crippen LogP contribution in [0.25, 0.3) is 0 Å². The second kappa shape index (κ2) is 9.66. The average Bonchev–Trinajstić information content (AvgIpc) is 3.38. The Morgan fingerprint density at radius 1 is 1.06 bits per heavy atom. The van der Waals surface area contributed by atoms with E-state index in [-0.39, 0.29) is 18.4 Å². The number of thiophene rings is 1. The summed E-state index contributed by atoms with van der Waals surface area (Å²) in [6.45, 7) is 2.76. The molecule has 1 N–H and O–H groups in total. The van der Waals surface area contributed by atoms with Gasteiger partial charge in [0.1, 0.15) is 12.1 Å². The molecule has 0 radical (unpaired) electrons. The third kappa shape index (κ3) is 4.60. The van der Waals surface area contributed by atoms with Gasteiger partial charge in [-0.05, 0) is 61.4 Å². The molecule has 0 saturated carbocycles. The van der Waals surface area contributed by atoms with Crippen LogP contribution in [0.2, 0.25) is 0 Å². The van der Waals surface area contributed by atoms with Gasteiger partial charge in [-0.3, -0.25) is 14.5 Å². The SMILES string of the molecule is Cc1ccc(CN(CCc2ccccc2)C(=O)CN2C(=O)NC3(CCCc4ccccc43)C2=O)s1. The quantitative estimate of drug-likeness (QED) is 0.502. The summed E-state index contributed by atoms with van der Waals surface area (Å²) in [7, 11) is 0. The van der Waals surface area contributed by atoms with Gasteiger partial charge in [-0.25, -0.2) is 4.79 Å². The molecule has 3 aromatic rings. The predicted octanol–water partition coefficient (Wildman–Crippen LogP) is 4.41. The van der Waals surface area contributed by atoms with E-state index in [2.05, 4.69) is 5.32 Å². The number of fused-ring (bicyclic) bond motifs is 2. The molecule has 1 saturated heterocycles. The van der Waals surface area contributed by atoms with Crippen molar-refractivity contribution in [1.82, 2.24) is 15.1 Å². The van der Waals surface area contributed by atoms with E-state index in [1.165, 1.54) is 4.88 Å². The van der Waals surface area contributed by atoms with Gasteiger partial charge in [0, 0.05) is 16.3 Å². The predicted molar refractivity (Wildman–Crippen MR) is 136 cm³/mol. The molecule has 1 aromatic heterocycles. The van der Waals surface area contributed by atoms with Crippen LogP contribution in [0.1, 0.15) is 39.3 Å². The van der Waals surface area contributed by atoms with Crippen LogP contribution in [0.5, 0.6) is 0 Å². The van der Waals surface area contributed by atoms with E-state index in [1.807, 2.05) is 73.7 Å². The highest BCUT2D eigenvalue weighted by Gasteiger charge is 2.54. The van der Waals surface area contributed by atoms with Crippen molar-refractivity contribution in [2.45, 2.75) is 44.7 Å². The van der Waals surface area contributed by atoms with Gasteiger partial charge >= 0.3 is 6.03 Å². The molecule has 4 amide bonds. The molecule has 2 heterocycles. The van der Waals surface area contributed by atoms with Crippen LogP contribution in [0, 0.1) is 6.92 Å². The number of carbonyl (C=O) groups is 3. The maximum Gasteiger partial charge on any atom is 0.325 e. The Morgan fingerprint density at radius 2 is 1.83 bits per heavy atom. The monoisotopic (exact) mass is 487 g/mol. The number of aryl methyl sites for hydroxylation is 2. The van der Waals surface area contributed by atoms with E-state index in [0.717, 1.165) is 39.3 Å². The lowest BCUT2D eigenvalue weighted by Crippen LogP contribution is -2.47. The average molecular weight is 488 g/mol. The molecular formula is C28H29N3O3S. The number of benzene rings is 2. The fraction of sp³-hybridized carbons (Fsp3) is 0.321. The topological polar surface area (TPSA) is 69.7 Å². The van der Waals surface area contributed by atoms with Crippen LogP contribution in [-0.2, 0) is 34.5 Å². The second-order valence-electron chi connectivity index (χ2n) is 9.30. The Morgan fingerprint density at radius 3 is 2.60 bits per heavy atom. The highest BCUT2D eigenvalue weighted by Crippen LogP contribution is 2.39. The summed E-state index contributed by atoms with van der Waals surface area (Å²) in [6.07, 6.45) is 2.94. The summed E-state index contributed by atoms with van der Waals surface area (Å²) in [5.41, 5.74) is 2.01. The van der Waals surface area contributed by atoms with Gasteiger partial charge in [-0.1, -0.05) is 54.6 Å². The largest absolute Gasteiger partial charge is 0.336 e. The van der Waals surface area contributed by atoms with Crippen molar-refractivity contribution >= 4 is 29.2 Å². The molecular weight excluding hydrogens is 458 g/mol. The number of amides is 4. The number of urea groups is 1. The number of rotatable bonds is 7. The number of hydrogen-bond acceptors (Lipinski definition) is 4. The molecule has 5 rings (SSSR count). The van der Waals surface area contributed by atoms with Crippen molar-refractivity contribution in [2.75, 3.05) is 13.1 Å². The van der Waals surface area contributed by atoms with Gasteiger partial charge in [-0.15, -0.1) is 11.3 Å². The maximum absolute atomic E-state index is 13.6. The zero-order valence-corrected chi connectivity index (χ0v) is 20.6. The first-order chi connectivity index (χ1) is 17.0. The molecule has 1 fully saturated rings. The Bertz CT molecular complexity index is 1260. The first-order valence-electron chi connectivity index (χ1n) is 12.1. The molecule has 1 aliphatic carbocycles. The van der Waals surface area contributed by atoms with Gasteiger partial charge in [0.2, 0.25) is 5.91 Å². The Labute approximate surface area is 209 Å². The highest BCUT2D eigenvalue weighted by molar-refractivity contribution is 7.11. The third-order valence-corrected chi connectivity index (χ3v) is 7.94. The lowest BCUT2D eigenvalue weighted by Gasteiger charge is -2.33.